The average Bonchev–Trinajstić information content (AvgIpc) is 3.00. The van der Waals surface area contributed by atoms with E-state index in [0.717, 1.165) is 33.1 Å². The first-order chi connectivity index (χ1) is 11.7. The van der Waals surface area contributed by atoms with Crippen LogP contribution < -0.4 is 5.73 Å². The fourth-order valence-electron chi connectivity index (χ4n) is 2.85. The quantitative estimate of drug-likeness (QED) is 0.525. The number of benzene rings is 3. The number of allylic oxidation sites excluding steroid dienone is 1. The molecule has 4 rings (SSSR count). The van der Waals surface area contributed by atoms with Crippen molar-refractivity contribution in [2.24, 2.45) is 5.73 Å². The lowest BCUT2D eigenvalue weighted by molar-refractivity contribution is 0.669. The molecule has 3 heteroatoms. The summed E-state index contributed by atoms with van der Waals surface area (Å²) < 4.78 is 5.88. The highest BCUT2D eigenvalue weighted by molar-refractivity contribution is 6.13. The fourth-order valence-corrected chi connectivity index (χ4v) is 2.85. The number of furan rings is 1. The SMILES string of the molecule is N=C(/C=C(\N)c1ccccc1)c1ccc2c(c1)oc1ccccc12. The van der Waals surface area contributed by atoms with Crippen molar-refractivity contribution in [2.75, 3.05) is 0 Å². The number of nitrogens with one attached hydrogen (secondary N) is 1. The van der Waals surface area contributed by atoms with Gasteiger partial charge in [-0.1, -0.05) is 54.6 Å². The number of rotatable bonds is 3. The molecule has 0 atom stereocenters. The van der Waals surface area contributed by atoms with Crippen LogP contribution in [0.1, 0.15) is 11.1 Å². The van der Waals surface area contributed by atoms with Crippen molar-refractivity contribution in [3.8, 4) is 0 Å². The highest BCUT2D eigenvalue weighted by Crippen LogP contribution is 2.29. The molecule has 0 amide bonds. The third kappa shape index (κ3) is 2.46. The highest BCUT2D eigenvalue weighted by Gasteiger charge is 2.08. The van der Waals surface area contributed by atoms with E-state index in [2.05, 4.69) is 0 Å². The lowest BCUT2D eigenvalue weighted by Gasteiger charge is -2.03. The molecule has 0 unspecified atom stereocenters. The van der Waals surface area contributed by atoms with Crippen molar-refractivity contribution in [3.63, 3.8) is 0 Å². The first-order valence-corrected chi connectivity index (χ1v) is 7.75. The van der Waals surface area contributed by atoms with Crippen LogP contribution in [-0.4, -0.2) is 5.71 Å². The maximum Gasteiger partial charge on any atom is 0.136 e. The molecule has 3 aromatic carbocycles. The molecule has 0 aliphatic rings. The molecule has 3 N–H and O–H groups in total. The van der Waals surface area contributed by atoms with Gasteiger partial charge in [-0.15, -0.1) is 0 Å². The maximum atomic E-state index is 8.32. The van der Waals surface area contributed by atoms with Gasteiger partial charge in [-0.25, -0.2) is 0 Å². The molecule has 4 aromatic rings. The Balaban J connectivity index is 1.73. The Labute approximate surface area is 139 Å². The maximum absolute atomic E-state index is 8.32. The van der Waals surface area contributed by atoms with E-state index in [0.29, 0.717) is 11.4 Å². The molecule has 24 heavy (non-hydrogen) atoms. The van der Waals surface area contributed by atoms with Gasteiger partial charge in [0.15, 0.2) is 0 Å². The second-order valence-corrected chi connectivity index (χ2v) is 5.69. The second-order valence-electron chi connectivity index (χ2n) is 5.69. The molecule has 1 aromatic heterocycles. The summed E-state index contributed by atoms with van der Waals surface area (Å²) in [6.07, 6.45) is 1.68. The van der Waals surface area contributed by atoms with Crippen molar-refractivity contribution in [2.45, 2.75) is 0 Å². The Morgan fingerprint density at radius 1 is 0.792 bits per heavy atom. The van der Waals surface area contributed by atoms with E-state index in [1.54, 1.807) is 6.08 Å². The standard InChI is InChI=1S/C21H16N2O/c22-18(14-6-2-1-3-7-14)13-19(23)15-10-11-17-16-8-4-5-9-20(16)24-21(17)12-15/h1-13,23H,22H2/b18-13-,23-19?. The minimum atomic E-state index is 0.360. The minimum Gasteiger partial charge on any atom is -0.456 e. The van der Waals surface area contributed by atoms with Gasteiger partial charge in [0.25, 0.3) is 0 Å². The third-order valence-corrected chi connectivity index (χ3v) is 4.10. The molecule has 1 heterocycles. The average molecular weight is 312 g/mol. The van der Waals surface area contributed by atoms with Crippen LogP contribution in [-0.2, 0) is 0 Å². The molecular formula is C21H16N2O. The molecule has 0 spiro atoms. The van der Waals surface area contributed by atoms with E-state index in [-0.39, 0.29) is 0 Å². The van der Waals surface area contributed by atoms with Crippen LogP contribution in [0.5, 0.6) is 0 Å². The van der Waals surface area contributed by atoms with Crippen LogP contribution in [0.2, 0.25) is 0 Å². The third-order valence-electron chi connectivity index (χ3n) is 4.10. The summed E-state index contributed by atoms with van der Waals surface area (Å²) in [6.45, 7) is 0. The summed E-state index contributed by atoms with van der Waals surface area (Å²) in [5.74, 6) is 0. The number of para-hydroxylation sites is 1. The molecule has 116 valence electrons. The summed E-state index contributed by atoms with van der Waals surface area (Å²) in [7, 11) is 0. The highest BCUT2D eigenvalue weighted by atomic mass is 16.3. The molecule has 0 saturated carbocycles. The van der Waals surface area contributed by atoms with Crippen LogP contribution in [0.3, 0.4) is 0 Å². The Hall–Kier alpha value is -3.33. The molecular weight excluding hydrogens is 296 g/mol. The van der Waals surface area contributed by atoms with E-state index in [4.69, 9.17) is 15.6 Å². The summed E-state index contributed by atoms with van der Waals surface area (Å²) >= 11 is 0. The summed E-state index contributed by atoms with van der Waals surface area (Å²) in [4.78, 5) is 0. The Morgan fingerprint density at radius 2 is 1.50 bits per heavy atom. The Bertz CT molecular complexity index is 1070. The van der Waals surface area contributed by atoms with Crippen molar-refractivity contribution >= 4 is 33.3 Å². The fraction of sp³-hybridized carbons (Fsp3) is 0. The predicted molar refractivity (Wildman–Crippen MR) is 99.2 cm³/mol. The first-order valence-electron chi connectivity index (χ1n) is 7.75. The van der Waals surface area contributed by atoms with Crippen molar-refractivity contribution in [1.82, 2.24) is 0 Å². The summed E-state index contributed by atoms with van der Waals surface area (Å²) in [6, 6.07) is 23.4. The van der Waals surface area contributed by atoms with Gasteiger partial charge < -0.3 is 15.6 Å². The molecule has 0 bridgehead atoms. The smallest absolute Gasteiger partial charge is 0.136 e. The van der Waals surface area contributed by atoms with E-state index in [1.807, 2.05) is 72.8 Å². The summed E-state index contributed by atoms with van der Waals surface area (Å²) in [5, 5.41) is 10.5. The van der Waals surface area contributed by atoms with Crippen molar-refractivity contribution in [3.05, 3.63) is 90.0 Å². The first kappa shape index (κ1) is 14.3. The van der Waals surface area contributed by atoms with Gasteiger partial charge >= 0.3 is 0 Å². The Kier molecular flexibility index (Phi) is 3.39. The van der Waals surface area contributed by atoms with Crippen LogP contribution in [0.25, 0.3) is 27.6 Å². The second kappa shape index (κ2) is 5.70. The normalized spacial score (nSPS) is 11.9. The van der Waals surface area contributed by atoms with E-state index in [1.165, 1.54) is 0 Å². The Morgan fingerprint density at radius 3 is 2.33 bits per heavy atom. The number of fused-ring (bicyclic) bond motifs is 3. The van der Waals surface area contributed by atoms with Gasteiger partial charge in [-0.05, 0) is 29.8 Å². The van der Waals surface area contributed by atoms with Gasteiger partial charge in [0.2, 0.25) is 0 Å². The van der Waals surface area contributed by atoms with Gasteiger partial charge in [-0.3, -0.25) is 0 Å². The molecule has 0 fully saturated rings. The zero-order valence-electron chi connectivity index (χ0n) is 13.0. The molecule has 3 nitrogen and oxygen atoms in total. The van der Waals surface area contributed by atoms with Gasteiger partial charge in [0.1, 0.15) is 11.2 Å². The van der Waals surface area contributed by atoms with E-state index < -0.39 is 0 Å². The zero-order chi connectivity index (χ0) is 16.5. The van der Waals surface area contributed by atoms with Crippen molar-refractivity contribution in [1.29, 1.82) is 5.41 Å². The lowest BCUT2D eigenvalue weighted by atomic mass is 10.0. The van der Waals surface area contributed by atoms with Crippen LogP contribution in [0.4, 0.5) is 0 Å². The van der Waals surface area contributed by atoms with Gasteiger partial charge in [0.05, 0.1) is 5.71 Å². The number of hydrogen-bond acceptors (Lipinski definition) is 3. The molecule has 0 saturated heterocycles. The van der Waals surface area contributed by atoms with Gasteiger partial charge in [-0.2, -0.15) is 0 Å². The summed E-state index contributed by atoms with van der Waals surface area (Å²) in [5.41, 5.74) is 10.4. The van der Waals surface area contributed by atoms with E-state index in [9.17, 15) is 0 Å². The monoisotopic (exact) mass is 312 g/mol. The van der Waals surface area contributed by atoms with Crippen molar-refractivity contribution < 1.29 is 4.42 Å². The molecule has 0 aliphatic heterocycles. The minimum absolute atomic E-state index is 0.360. The van der Waals surface area contributed by atoms with Crippen LogP contribution in [0.15, 0.2) is 83.3 Å². The zero-order valence-corrected chi connectivity index (χ0v) is 13.0. The number of nitrogens with two attached hydrogens (primary N) is 1. The van der Waals surface area contributed by atoms with Crippen LogP contribution in [0, 0.1) is 5.41 Å². The lowest BCUT2D eigenvalue weighted by Crippen LogP contribution is -2.02. The van der Waals surface area contributed by atoms with Gasteiger partial charge in [0, 0.05) is 22.0 Å². The largest absolute Gasteiger partial charge is 0.456 e. The predicted octanol–water partition coefficient (Wildman–Crippen LogP) is 4.95. The van der Waals surface area contributed by atoms with Crippen LogP contribution >= 0.6 is 0 Å². The molecule has 0 radical (unpaired) electrons. The molecule has 0 aliphatic carbocycles. The van der Waals surface area contributed by atoms with E-state index >= 15 is 0 Å². The topological polar surface area (TPSA) is 63.0 Å². The number of hydrogen-bond donors (Lipinski definition) is 2.